The molecule has 1 atom stereocenters. The fraction of sp³-hybridized carbons (Fsp3) is 0.278. The zero-order valence-electron chi connectivity index (χ0n) is 13.5. The molecule has 2 aromatic rings. The maximum Gasteiger partial charge on any atom is 0.258 e. The maximum absolute atomic E-state index is 12.1. The maximum atomic E-state index is 12.1. The highest BCUT2D eigenvalue weighted by atomic mass is 35.5. The second-order valence-electron chi connectivity index (χ2n) is 5.16. The van der Waals surface area contributed by atoms with Crippen molar-refractivity contribution in [3.8, 4) is 11.5 Å². The first-order chi connectivity index (χ1) is 11.5. The molecule has 0 fully saturated rings. The summed E-state index contributed by atoms with van der Waals surface area (Å²) < 4.78 is 10.6. The van der Waals surface area contributed by atoms with E-state index in [0.717, 1.165) is 17.7 Å². The minimum absolute atomic E-state index is 0.0955. The predicted molar refractivity (Wildman–Crippen MR) is 96.1 cm³/mol. The third-order valence-electron chi connectivity index (χ3n) is 3.51. The molecule has 6 heteroatoms. The number of hydrogen-bond donors (Lipinski definition) is 1. The second-order valence-corrected chi connectivity index (χ2v) is 6.01. The molecule has 24 heavy (non-hydrogen) atoms. The molecule has 0 aromatic heterocycles. The number of amides is 1. The van der Waals surface area contributed by atoms with E-state index in [1.165, 1.54) is 0 Å². The summed E-state index contributed by atoms with van der Waals surface area (Å²) in [5.41, 5.74) is 1.01. The van der Waals surface area contributed by atoms with Gasteiger partial charge in [0.2, 0.25) is 0 Å². The Kier molecular flexibility index (Phi) is 6.76. The van der Waals surface area contributed by atoms with Gasteiger partial charge in [0, 0.05) is 11.1 Å². The van der Waals surface area contributed by atoms with Crippen molar-refractivity contribution in [2.75, 3.05) is 13.7 Å². The van der Waals surface area contributed by atoms with Crippen molar-refractivity contribution >= 4 is 29.1 Å². The Bertz CT molecular complexity index is 689. The first-order valence-electron chi connectivity index (χ1n) is 7.54. The molecular formula is C18H19Cl2NO3. The van der Waals surface area contributed by atoms with Crippen molar-refractivity contribution < 1.29 is 14.3 Å². The largest absolute Gasteiger partial charge is 0.497 e. The monoisotopic (exact) mass is 367 g/mol. The summed E-state index contributed by atoms with van der Waals surface area (Å²) in [6.07, 6.45) is 0.760. The predicted octanol–water partition coefficient (Wildman–Crippen LogP) is 4.65. The van der Waals surface area contributed by atoms with Crippen LogP contribution in [0.5, 0.6) is 11.5 Å². The van der Waals surface area contributed by atoms with Gasteiger partial charge in [0.05, 0.1) is 18.2 Å². The number of halogens is 2. The van der Waals surface area contributed by atoms with Gasteiger partial charge in [-0.1, -0.05) is 42.3 Å². The summed E-state index contributed by atoms with van der Waals surface area (Å²) in [5, 5.41) is 3.85. The average Bonchev–Trinajstić information content (AvgIpc) is 2.60. The molecule has 0 aliphatic rings. The minimum atomic E-state index is -0.228. The summed E-state index contributed by atoms with van der Waals surface area (Å²) in [5.74, 6) is 0.935. The van der Waals surface area contributed by atoms with Gasteiger partial charge < -0.3 is 14.8 Å². The van der Waals surface area contributed by atoms with Crippen molar-refractivity contribution in [2.45, 2.75) is 19.4 Å². The molecule has 0 radical (unpaired) electrons. The average molecular weight is 368 g/mol. The SMILES string of the molecule is CCC(NC(=O)COc1cc(Cl)ccc1Cl)c1ccc(OC)cc1. The van der Waals surface area contributed by atoms with Gasteiger partial charge in [-0.2, -0.15) is 0 Å². The summed E-state index contributed by atoms with van der Waals surface area (Å²) in [6, 6.07) is 12.4. The number of carbonyl (C=O) groups excluding carboxylic acids is 1. The van der Waals surface area contributed by atoms with Gasteiger partial charge in [0.15, 0.2) is 6.61 Å². The number of ether oxygens (including phenoxy) is 2. The summed E-state index contributed by atoms with van der Waals surface area (Å²) in [6.45, 7) is 1.87. The number of methoxy groups -OCH3 is 1. The molecule has 0 aliphatic heterocycles. The van der Waals surface area contributed by atoms with E-state index >= 15 is 0 Å². The van der Waals surface area contributed by atoms with Crippen molar-refractivity contribution in [1.82, 2.24) is 5.32 Å². The lowest BCUT2D eigenvalue weighted by Crippen LogP contribution is -2.32. The molecule has 1 N–H and O–H groups in total. The van der Waals surface area contributed by atoms with Gasteiger partial charge in [0.1, 0.15) is 11.5 Å². The van der Waals surface area contributed by atoms with E-state index in [9.17, 15) is 4.79 Å². The molecular weight excluding hydrogens is 349 g/mol. The smallest absolute Gasteiger partial charge is 0.258 e. The van der Waals surface area contributed by atoms with E-state index in [1.807, 2.05) is 31.2 Å². The lowest BCUT2D eigenvalue weighted by molar-refractivity contribution is -0.123. The van der Waals surface area contributed by atoms with Crippen LogP contribution in [0.4, 0.5) is 0 Å². The lowest BCUT2D eigenvalue weighted by atomic mass is 10.0. The molecule has 4 nitrogen and oxygen atoms in total. The van der Waals surface area contributed by atoms with Crippen molar-refractivity contribution in [1.29, 1.82) is 0 Å². The molecule has 0 saturated heterocycles. The molecule has 2 aromatic carbocycles. The van der Waals surface area contributed by atoms with Crippen LogP contribution in [0.25, 0.3) is 0 Å². The first-order valence-corrected chi connectivity index (χ1v) is 8.30. The highest BCUT2D eigenvalue weighted by Gasteiger charge is 2.14. The van der Waals surface area contributed by atoms with Crippen molar-refractivity contribution in [3.05, 3.63) is 58.1 Å². The van der Waals surface area contributed by atoms with Gasteiger partial charge in [0.25, 0.3) is 5.91 Å². The van der Waals surface area contributed by atoms with E-state index in [2.05, 4.69) is 5.32 Å². The van der Waals surface area contributed by atoms with Crippen molar-refractivity contribution in [2.24, 2.45) is 0 Å². The zero-order chi connectivity index (χ0) is 17.5. The van der Waals surface area contributed by atoms with Crippen LogP contribution >= 0.6 is 23.2 Å². The normalized spacial score (nSPS) is 11.7. The topological polar surface area (TPSA) is 47.6 Å². The zero-order valence-corrected chi connectivity index (χ0v) is 15.0. The Morgan fingerprint density at radius 2 is 1.88 bits per heavy atom. The van der Waals surface area contributed by atoms with Crippen molar-refractivity contribution in [3.63, 3.8) is 0 Å². The molecule has 0 bridgehead atoms. The fourth-order valence-corrected chi connectivity index (χ4v) is 2.56. The summed E-state index contributed by atoms with van der Waals surface area (Å²) in [7, 11) is 1.62. The lowest BCUT2D eigenvalue weighted by Gasteiger charge is -2.18. The van der Waals surface area contributed by atoms with Crippen LogP contribution in [0.15, 0.2) is 42.5 Å². The molecule has 128 valence electrons. The van der Waals surface area contributed by atoms with E-state index < -0.39 is 0 Å². The Labute approximate surface area is 151 Å². The van der Waals surface area contributed by atoms with Crippen LogP contribution in [-0.2, 0) is 4.79 Å². The molecule has 2 rings (SSSR count). The molecule has 0 saturated carbocycles. The Morgan fingerprint density at radius 3 is 2.50 bits per heavy atom. The quantitative estimate of drug-likeness (QED) is 0.774. The number of rotatable bonds is 7. The summed E-state index contributed by atoms with van der Waals surface area (Å²) >= 11 is 11.9. The molecule has 0 aliphatic carbocycles. The second kappa shape index (κ2) is 8.81. The molecule has 1 unspecified atom stereocenters. The Hall–Kier alpha value is -1.91. The van der Waals surface area contributed by atoms with E-state index in [0.29, 0.717) is 15.8 Å². The summed E-state index contributed by atoms with van der Waals surface area (Å²) in [4.78, 5) is 12.1. The van der Waals surface area contributed by atoms with Crippen LogP contribution in [0, 0.1) is 0 Å². The van der Waals surface area contributed by atoms with Crippen LogP contribution in [0.1, 0.15) is 24.9 Å². The van der Waals surface area contributed by atoms with E-state index in [4.69, 9.17) is 32.7 Å². The number of nitrogens with one attached hydrogen (secondary N) is 1. The van der Waals surface area contributed by atoms with Crippen LogP contribution in [0.3, 0.4) is 0 Å². The Balaban J connectivity index is 1.95. The highest BCUT2D eigenvalue weighted by molar-refractivity contribution is 6.34. The van der Waals surface area contributed by atoms with Gasteiger partial charge in [-0.25, -0.2) is 0 Å². The minimum Gasteiger partial charge on any atom is -0.497 e. The third kappa shape index (κ3) is 5.05. The number of hydrogen-bond acceptors (Lipinski definition) is 3. The molecule has 0 heterocycles. The van der Waals surface area contributed by atoms with Crippen LogP contribution in [0.2, 0.25) is 10.0 Å². The highest BCUT2D eigenvalue weighted by Crippen LogP contribution is 2.27. The van der Waals surface area contributed by atoms with Gasteiger partial charge >= 0.3 is 0 Å². The molecule has 0 spiro atoms. The van der Waals surface area contributed by atoms with Gasteiger partial charge in [-0.05, 0) is 36.2 Å². The van der Waals surface area contributed by atoms with E-state index in [1.54, 1.807) is 25.3 Å². The molecule has 1 amide bonds. The third-order valence-corrected chi connectivity index (χ3v) is 4.06. The Morgan fingerprint density at radius 1 is 1.17 bits per heavy atom. The first kappa shape index (κ1) is 18.4. The van der Waals surface area contributed by atoms with E-state index in [-0.39, 0.29) is 18.6 Å². The fourth-order valence-electron chi connectivity index (χ4n) is 2.22. The van der Waals surface area contributed by atoms with Crippen LogP contribution < -0.4 is 14.8 Å². The van der Waals surface area contributed by atoms with Crippen LogP contribution in [-0.4, -0.2) is 19.6 Å². The standard InChI is InChI=1S/C18H19Cl2NO3/c1-3-16(12-4-7-14(23-2)8-5-12)21-18(22)11-24-17-10-13(19)6-9-15(17)20/h4-10,16H,3,11H2,1-2H3,(H,21,22). The number of carbonyl (C=O) groups is 1. The van der Waals surface area contributed by atoms with Gasteiger partial charge in [-0.3, -0.25) is 4.79 Å². The van der Waals surface area contributed by atoms with Gasteiger partial charge in [-0.15, -0.1) is 0 Å². The number of benzene rings is 2.